The molecule has 0 atom stereocenters. The number of hydrogen-bond acceptors (Lipinski definition) is 5. The van der Waals surface area contributed by atoms with Crippen molar-refractivity contribution in [2.75, 3.05) is 14.2 Å². The van der Waals surface area contributed by atoms with E-state index in [4.69, 9.17) is 19.2 Å². The molecule has 0 unspecified atom stereocenters. The highest BCUT2D eigenvalue weighted by atomic mass is 28.4. The molecule has 0 aliphatic heterocycles. The second kappa shape index (κ2) is 5.16. The smallest absolute Gasteiger partial charge is 0.388 e. The first-order chi connectivity index (χ1) is 3.41. The van der Waals surface area contributed by atoms with E-state index in [2.05, 4.69) is 4.74 Å². The fraction of sp³-hybridized carbons (Fsp3) is 1.00. The molecule has 6 heteroatoms. The highest BCUT2D eigenvalue weighted by molar-refractivity contribution is 6.46. The molecule has 0 aliphatic rings. The average molecular weight is 142 g/mol. The summed E-state index contributed by atoms with van der Waals surface area (Å²) in [6, 6.07) is 0. The summed E-state index contributed by atoms with van der Waals surface area (Å²) in [7, 11) is -1.36. The Balaban J connectivity index is 0. The van der Waals surface area contributed by atoms with Crippen molar-refractivity contribution >= 4 is 9.05 Å². The minimum Gasteiger partial charge on any atom is -0.388 e. The lowest BCUT2D eigenvalue weighted by Crippen LogP contribution is -2.33. The fourth-order valence-electron chi connectivity index (χ4n) is 0. The highest BCUT2D eigenvalue weighted by Crippen LogP contribution is 1.67. The Morgan fingerprint density at radius 1 is 1.00 bits per heavy atom. The molecule has 8 heavy (non-hydrogen) atoms. The van der Waals surface area contributed by atoms with Crippen LogP contribution in [0.3, 0.4) is 0 Å². The van der Waals surface area contributed by atoms with E-state index >= 15 is 0 Å². The van der Waals surface area contributed by atoms with Gasteiger partial charge in [0.05, 0.1) is 0 Å². The molecule has 0 saturated carbocycles. The summed E-state index contributed by atoms with van der Waals surface area (Å²) in [5, 5.41) is 0. The molecule has 0 bridgehead atoms. The van der Waals surface area contributed by atoms with E-state index in [0.29, 0.717) is 0 Å². The van der Waals surface area contributed by atoms with E-state index in [1.807, 2.05) is 0 Å². The van der Waals surface area contributed by atoms with Gasteiger partial charge in [0, 0.05) is 14.2 Å². The van der Waals surface area contributed by atoms with Crippen molar-refractivity contribution in [2.45, 2.75) is 0 Å². The molecule has 52 valence electrons. The summed E-state index contributed by atoms with van der Waals surface area (Å²) in [4.78, 5) is 29.3. The zero-order chi connectivity index (χ0) is 7.21. The predicted octanol–water partition coefficient (Wildman–Crippen LogP) is -2.35. The Morgan fingerprint density at radius 2 is 1.00 bits per heavy atom. The van der Waals surface area contributed by atoms with Crippen LogP contribution >= 0.6 is 0 Å². The largest absolute Gasteiger partial charge is 0.668 e. The van der Waals surface area contributed by atoms with E-state index in [-0.39, 0.29) is 0 Å². The third-order valence-electron chi connectivity index (χ3n) is 0. The van der Waals surface area contributed by atoms with Crippen molar-refractivity contribution in [3.8, 4) is 0 Å². The number of hydrogen-bond donors (Lipinski definition) is 4. The van der Waals surface area contributed by atoms with Gasteiger partial charge in [-0.15, -0.1) is 0 Å². The van der Waals surface area contributed by atoms with Crippen LogP contribution < -0.4 is 0 Å². The Bertz CT molecular complexity index is 34.2. The lowest BCUT2D eigenvalue weighted by Gasteiger charge is -1.91. The van der Waals surface area contributed by atoms with Crippen molar-refractivity contribution in [2.24, 2.45) is 0 Å². The molecule has 0 aromatic heterocycles. The van der Waals surface area contributed by atoms with E-state index in [1.54, 1.807) is 14.2 Å². The topological polar surface area (TPSA) is 90.2 Å². The Labute approximate surface area is 48.3 Å². The van der Waals surface area contributed by atoms with Gasteiger partial charge in [-0.2, -0.15) is 0 Å². The van der Waals surface area contributed by atoms with Gasteiger partial charge in [-0.1, -0.05) is 0 Å². The van der Waals surface area contributed by atoms with Gasteiger partial charge in [0.2, 0.25) is 0 Å². The molecule has 0 heterocycles. The van der Waals surface area contributed by atoms with E-state index in [1.165, 1.54) is 0 Å². The Morgan fingerprint density at radius 3 is 1.00 bits per heavy atom. The summed E-state index contributed by atoms with van der Waals surface area (Å²) >= 11 is 0. The Hall–Kier alpha value is 0.0169. The van der Waals surface area contributed by atoms with Crippen LogP contribution in [0.4, 0.5) is 0 Å². The highest BCUT2D eigenvalue weighted by Gasteiger charge is 2.22. The zero-order valence-electron chi connectivity index (χ0n) is 4.70. The monoisotopic (exact) mass is 142 g/mol. The molecule has 0 aromatic rings. The second-order valence-electron chi connectivity index (χ2n) is 1.01. The van der Waals surface area contributed by atoms with Crippen LogP contribution in [0.25, 0.3) is 0 Å². The van der Waals surface area contributed by atoms with Gasteiger partial charge < -0.3 is 23.9 Å². The van der Waals surface area contributed by atoms with Crippen LogP contribution in [-0.2, 0) is 4.74 Å². The molecule has 0 aromatic carbocycles. The van der Waals surface area contributed by atoms with Crippen LogP contribution in [0.2, 0.25) is 0 Å². The molecule has 0 aliphatic carbocycles. The van der Waals surface area contributed by atoms with Gasteiger partial charge in [0.25, 0.3) is 0 Å². The molecule has 0 rings (SSSR count). The van der Waals surface area contributed by atoms with Crippen LogP contribution in [0.15, 0.2) is 0 Å². The van der Waals surface area contributed by atoms with Crippen molar-refractivity contribution < 1.29 is 23.9 Å². The summed E-state index contributed by atoms with van der Waals surface area (Å²) in [5.74, 6) is 0. The average Bonchev–Trinajstić information content (AvgIpc) is 1.27. The molecule has 0 spiro atoms. The first-order valence-electron chi connectivity index (χ1n) is 1.71. The van der Waals surface area contributed by atoms with Crippen LogP contribution in [0, 0.1) is 0 Å². The SMILES string of the molecule is COC.O[Si](O)(O)O. The van der Waals surface area contributed by atoms with Crippen LogP contribution in [0.5, 0.6) is 0 Å². The van der Waals surface area contributed by atoms with Gasteiger partial charge in [0.15, 0.2) is 0 Å². The molecule has 0 radical (unpaired) electrons. The minimum absolute atomic E-state index is 1.62. The van der Waals surface area contributed by atoms with Crippen molar-refractivity contribution in [3.05, 3.63) is 0 Å². The molecule has 0 saturated heterocycles. The summed E-state index contributed by atoms with van der Waals surface area (Å²) < 4.78 is 4.25. The van der Waals surface area contributed by atoms with Gasteiger partial charge in [0.1, 0.15) is 0 Å². The molecule has 0 amide bonds. The van der Waals surface area contributed by atoms with Gasteiger partial charge >= 0.3 is 9.05 Å². The third-order valence-corrected chi connectivity index (χ3v) is 0. The lowest BCUT2D eigenvalue weighted by molar-refractivity contribution is 0.117. The number of ether oxygens (including phenoxy) is 1. The van der Waals surface area contributed by atoms with E-state index in [0.717, 1.165) is 0 Å². The maximum Gasteiger partial charge on any atom is 0.668 e. The first-order valence-corrected chi connectivity index (χ1v) is 3.50. The first kappa shape index (κ1) is 10.9. The minimum atomic E-state index is -4.61. The van der Waals surface area contributed by atoms with Gasteiger partial charge in [-0.25, -0.2) is 0 Å². The summed E-state index contributed by atoms with van der Waals surface area (Å²) in [6.45, 7) is 0. The third kappa shape index (κ3) is 531000. The maximum absolute atomic E-state index is 7.33. The van der Waals surface area contributed by atoms with Crippen LogP contribution in [-0.4, -0.2) is 42.5 Å². The standard InChI is InChI=1S/C2H6O.H4O4Si/c1-3-2;1-5(2,3)4/h1-2H3;1-4H. The van der Waals surface area contributed by atoms with Crippen molar-refractivity contribution in [1.29, 1.82) is 0 Å². The molecular formula is C2H10O5Si. The van der Waals surface area contributed by atoms with E-state index < -0.39 is 9.05 Å². The molecule has 5 nitrogen and oxygen atoms in total. The van der Waals surface area contributed by atoms with Crippen molar-refractivity contribution in [1.82, 2.24) is 0 Å². The van der Waals surface area contributed by atoms with Crippen molar-refractivity contribution in [3.63, 3.8) is 0 Å². The molecule has 4 N–H and O–H groups in total. The normalized spacial score (nSPS) is 9.75. The van der Waals surface area contributed by atoms with Gasteiger partial charge in [-0.3, -0.25) is 0 Å². The second-order valence-corrected chi connectivity index (χ2v) is 2.21. The number of rotatable bonds is 0. The quantitative estimate of drug-likeness (QED) is 0.284. The fourth-order valence-corrected chi connectivity index (χ4v) is 0. The summed E-state index contributed by atoms with van der Waals surface area (Å²) in [6.07, 6.45) is 0. The van der Waals surface area contributed by atoms with Crippen LogP contribution in [0.1, 0.15) is 0 Å². The maximum atomic E-state index is 7.33. The molecular weight excluding hydrogens is 132 g/mol. The summed E-state index contributed by atoms with van der Waals surface area (Å²) in [5.41, 5.74) is 0. The molecule has 0 fully saturated rings. The van der Waals surface area contributed by atoms with Gasteiger partial charge in [-0.05, 0) is 0 Å². The Kier molecular flexibility index (Phi) is 7.03. The van der Waals surface area contributed by atoms with E-state index in [9.17, 15) is 0 Å². The zero-order valence-corrected chi connectivity index (χ0v) is 5.70. The predicted molar refractivity (Wildman–Crippen MR) is 27.6 cm³/mol. The number of methoxy groups -OCH3 is 1. The lowest BCUT2D eigenvalue weighted by atomic mass is 11.6.